The first-order valence-corrected chi connectivity index (χ1v) is 8.28. The van der Waals surface area contributed by atoms with Crippen LogP contribution in [0.25, 0.3) is 0 Å². The van der Waals surface area contributed by atoms with Crippen LogP contribution in [0.2, 0.25) is 0 Å². The molecule has 3 rings (SSSR count). The van der Waals surface area contributed by atoms with Crippen LogP contribution in [0.1, 0.15) is 20.7 Å². The summed E-state index contributed by atoms with van der Waals surface area (Å²) in [7, 11) is 0. The molecule has 0 aliphatic heterocycles. The maximum Gasteiger partial charge on any atom is 0.335 e. The van der Waals surface area contributed by atoms with Crippen molar-refractivity contribution in [1.82, 2.24) is 0 Å². The van der Waals surface area contributed by atoms with E-state index in [1.54, 1.807) is 12.1 Å². The molecule has 0 unspecified atom stereocenters. The van der Waals surface area contributed by atoms with Crippen LogP contribution < -0.4 is 0 Å². The van der Waals surface area contributed by atoms with Gasteiger partial charge >= 0.3 is 11.9 Å². The molecule has 12 nitrogen and oxygen atoms in total. The molecule has 0 saturated carbocycles. The van der Waals surface area contributed by atoms with Crippen LogP contribution in [-0.4, -0.2) is 63.0 Å². The van der Waals surface area contributed by atoms with Gasteiger partial charge in [-0.1, -0.05) is 12.1 Å². The molecule has 3 aromatic rings. The molecule has 0 aromatic heterocycles. The highest BCUT2D eigenvalue weighted by Gasteiger charge is 2.12. The predicted molar refractivity (Wildman–Crippen MR) is 107 cm³/mol. The molecule has 0 radical (unpaired) electrons. The van der Waals surface area contributed by atoms with Crippen molar-refractivity contribution in [2.45, 2.75) is 0 Å². The van der Waals surface area contributed by atoms with Crippen molar-refractivity contribution in [3.05, 3.63) is 59.7 Å². The Kier molecular flexibility index (Phi) is 8.36. The lowest BCUT2D eigenvalue weighted by molar-refractivity contribution is 0.0685. The Morgan fingerprint density at radius 2 is 0.719 bits per heavy atom. The number of phenols is 8. The van der Waals surface area contributed by atoms with Gasteiger partial charge in [0.1, 0.15) is 0 Å². The maximum atomic E-state index is 10.3. The Morgan fingerprint density at radius 3 is 0.906 bits per heavy atom. The van der Waals surface area contributed by atoms with Gasteiger partial charge < -0.3 is 51.1 Å². The molecule has 10 N–H and O–H groups in total. The second-order valence-corrected chi connectivity index (χ2v) is 5.83. The van der Waals surface area contributed by atoms with Crippen molar-refractivity contribution in [1.29, 1.82) is 0 Å². The van der Waals surface area contributed by atoms with Gasteiger partial charge in [-0.25, -0.2) is 9.59 Å². The van der Waals surface area contributed by atoms with Crippen LogP contribution in [0.4, 0.5) is 0 Å². The summed E-state index contributed by atoms with van der Waals surface area (Å²) in [5.41, 5.74) is -0.578. The molecule has 0 amide bonds. The van der Waals surface area contributed by atoms with Crippen molar-refractivity contribution in [2.75, 3.05) is 0 Å². The third-order valence-corrected chi connectivity index (χ3v) is 3.51. The van der Waals surface area contributed by atoms with Gasteiger partial charge in [0.15, 0.2) is 46.0 Å². The molecule has 0 spiro atoms. The van der Waals surface area contributed by atoms with Crippen LogP contribution in [0.5, 0.6) is 46.0 Å². The number of aromatic hydroxyl groups is 8. The van der Waals surface area contributed by atoms with Gasteiger partial charge in [0.05, 0.1) is 11.1 Å². The minimum Gasteiger partial charge on any atom is -0.504 e. The fraction of sp³-hybridized carbons (Fsp3) is 0. The van der Waals surface area contributed by atoms with E-state index < -0.39 is 46.4 Å². The summed E-state index contributed by atoms with van der Waals surface area (Å²) in [5, 5.41) is 87.2. The van der Waals surface area contributed by atoms with Crippen molar-refractivity contribution in [2.24, 2.45) is 0 Å². The van der Waals surface area contributed by atoms with Crippen LogP contribution >= 0.6 is 0 Å². The Bertz CT molecular complexity index is 989. The summed E-state index contributed by atoms with van der Waals surface area (Å²) in [5.74, 6) is -6.82. The third-order valence-electron chi connectivity index (χ3n) is 3.51. The van der Waals surface area contributed by atoms with Crippen molar-refractivity contribution >= 4 is 11.9 Å². The number of rotatable bonds is 2. The summed E-state index contributed by atoms with van der Waals surface area (Å²) < 4.78 is 0. The van der Waals surface area contributed by atoms with Gasteiger partial charge in [-0.15, -0.1) is 0 Å². The van der Waals surface area contributed by atoms with Crippen molar-refractivity contribution in [3.63, 3.8) is 0 Å². The van der Waals surface area contributed by atoms with Crippen molar-refractivity contribution < 1.29 is 60.7 Å². The van der Waals surface area contributed by atoms with E-state index in [0.29, 0.717) is 0 Å². The average Bonchev–Trinajstić information content (AvgIpc) is 2.72. The molecule has 32 heavy (non-hydrogen) atoms. The van der Waals surface area contributed by atoms with Crippen LogP contribution in [0, 0.1) is 0 Å². The molecule has 0 heterocycles. The van der Waals surface area contributed by atoms with Crippen LogP contribution in [0.3, 0.4) is 0 Å². The smallest absolute Gasteiger partial charge is 0.335 e. The number of carboxylic acids is 2. The normalized spacial score (nSPS) is 9.50. The zero-order valence-electron chi connectivity index (χ0n) is 15.9. The number of hydrogen-bond acceptors (Lipinski definition) is 10. The first-order chi connectivity index (χ1) is 14.8. The monoisotopic (exact) mass is 450 g/mol. The number of phenolic OH excluding ortho intramolecular Hbond substituents is 8. The summed E-state index contributed by atoms with van der Waals surface area (Å²) in [6.07, 6.45) is 0. The van der Waals surface area contributed by atoms with Crippen LogP contribution in [-0.2, 0) is 0 Å². The van der Waals surface area contributed by atoms with Gasteiger partial charge in [-0.05, 0) is 36.4 Å². The quantitative estimate of drug-likeness (QED) is 0.253. The average molecular weight is 450 g/mol. The lowest BCUT2D eigenvalue weighted by Gasteiger charge is -2.01. The highest BCUT2D eigenvalue weighted by atomic mass is 16.4. The second kappa shape index (κ2) is 10.7. The summed E-state index contributed by atoms with van der Waals surface area (Å²) in [6.45, 7) is 0. The molecule has 0 saturated heterocycles. The molecule has 0 atom stereocenters. The third kappa shape index (κ3) is 6.81. The number of aromatic carboxylic acids is 2. The van der Waals surface area contributed by atoms with E-state index in [1.807, 2.05) is 0 Å². The Morgan fingerprint density at radius 1 is 0.469 bits per heavy atom. The standard InChI is InChI=1S/2C7H6O5.C6H6O2/c2*8-4-1-3(7(11)12)2-5(9)6(4)10;7-5-3-1-2-4-6(5)8/h2*1-2,8-10H,(H,11,12);1-4,7-8H. The zero-order valence-corrected chi connectivity index (χ0v) is 15.9. The summed E-state index contributed by atoms with van der Waals surface area (Å²) in [6, 6.07) is 9.53. The Hall–Kier alpha value is -5.00. The van der Waals surface area contributed by atoms with Gasteiger partial charge in [0, 0.05) is 0 Å². The minimum atomic E-state index is -1.29. The highest BCUT2D eigenvalue weighted by Crippen LogP contribution is 2.36. The topological polar surface area (TPSA) is 236 Å². The first-order valence-electron chi connectivity index (χ1n) is 8.28. The molecular formula is C20H18O12. The Labute approximate surface area is 179 Å². The van der Waals surface area contributed by atoms with E-state index in [-0.39, 0.29) is 22.6 Å². The van der Waals surface area contributed by atoms with Gasteiger partial charge in [0.2, 0.25) is 0 Å². The molecule has 170 valence electrons. The molecule has 0 fully saturated rings. The van der Waals surface area contributed by atoms with Gasteiger partial charge in [-0.3, -0.25) is 0 Å². The van der Waals surface area contributed by atoms with E-state index in [2.05, 4.69) is 0 Å². The summed E-state index contributed by atoms with van der Waals surface area (Å²) in [4.78, 5) is 20.6. The molecule has 0 aliphatic carbocycles. The number of carbonyl (C=O) groups is 2. The first kappa shape index (κ1) is 25.0. The minimum absolute atomic E-state index is 0.0764. The lowest BCUT2D eigenvalue weighted by atomic mass is 10.2. The molecule has 0 aliphatic rings. The SMILES string of the molecule is O=C(O)c1cc(O)c(O)c(O)c1.O=C(O)c1cc(O)c(O)c(O)c1.Oc1ccccc1O. The number of carboxylic acid groups (broad SMARTS) is 2. The van der Waals surface area contributed by atoms with E-state index in [1.165, 1.54) is 12.1 Å². The van der Waals surface area contributed by atoms with Crippen LogP contribution in [0.15, 0.2) is 48.5 Å². The van der Waals surface area contributed by atoms with Gasteiger partial charge in [-0.2, -0.15) is 0 Å². The molecule has 0 bridgehead atoms. The molecule has 3 aromatic carbocycles. The van der Waals surface area contributed by atoms with Gasteiger partial charge in [0.25, 0.3) is 0 Å². The number of para-hydroxylation sites is 2. The van der Waals surface area contributed by atoms with E-state index in [9.17, 15) is 9.59 Å². The summed E-state index contributed by atoms with van der Waals surface area (Å²) >= 11 is 0. The number of benzene rings is 3. The second-order valence-electron chi connectivity index (χ2n) is 5.83. The van der Waals surface area contributed by atoms with E-state index in [4.69, 9.17) is 51.1 Å². The fourth-order valence-electron chi connectivity index (χ4n) is 1.92. The molecular weight excluding hydrogens is 432 g/mol. The maximum absolute atomic E-state index is 10.3. The Balaban J connectivity index is 0.000000245. The predicted octanol–water partition coefficient (Wildman–Crippen LogP) is 2.10. The fourth-order valence-corrected chi connectivity index (χ4v) is 1.92. The van der Waals surface area contributed by atoms with E-state index >= 15 is 0 Å². The zero-order chi connectivity index (χ0) is 24.6. The lowest BCUT2D eigenvalue weighted by Crippen LogP contribution is -1.95. The van der Waals surface area contributed by atoms with E-state index in [0.717, 1.165) is 24.3 Å². The largest absolute Gasteiger partial charge is 0.504 e. The number of hydrogen-bond donors (Lipinski definition) is 10. The molecule has 12 heteroatoms. The van der Waals surface area contributed by atoms with Crippen molar-refractivity contribution in [3.8, 4) is 46.0 Å². The highest BCUT2D eigenvalue weighted by molar-refractivity contribution is 5.89.